The molecule has 0 unspecified atom stereocenters. The van der Waals surface area contributed by atoms with Crippen LogP contribution in [0.15, 0.2) is 60.7 Å². The third kappa shape index (κ3) is 4.41. The molecule has 3 rings (SSSR count). The summed E-state index contributed by atoms with van der Waals surface area (Å²) in [7, 11) is 0. The van der Waals surface area contributed by atoms with Gasteiger partial charge in [0, 0.05) is 22.5 Å². The number of halogens is 1. The minimum absolute atomic E-state index is 0.248. The number of ether oxygens (including phenoxy) is 1. The van der Waals surface area contributed by atoms with Gasteiger partial charge in [0.1, 0.15) is 17.9 Å². The van der Waals surface area contributed by atoms with Crippen LogP contribution < -0.4 is 10.1 Å². The molecule has 0 radical (unpaired) electrons. The summed E-state index contributed by atoms with van der Waals surface area (Å²) >= 11 is 6.02. The molecule has 0 aliphatic heterocycles. The average Bonchev–Trinajstić information content (AvgIpc) is 2.60. The van der Waals surface area contributed by atoms with Gasteiger partial charge in [0.15, 0.2) is 0 Å². The fourth-order valence-electron chi connectivity index (χ4n) is 2.69. The van der Waals surface area contributed by atoms with Gasteiger partial charge in [-0.1, -0.05) is 41.9 Å². The molecule has 0 aliphatic carbocycles. The van der Waals surface area contributed by atoms with Crippen LogP contribution in [0.25, 0.3) is 0 Å². The number of carbonyl (C=O) groups is 1. The lowest BCUT2D eigenvalue weighted by Crippen LogP contribution is -2.16. The molecule has 0 spiro atoms. The van der Waals surface area contributed by atoms with Crippen molar-refractivity contribution in [3.63, 3.8) is 0 Å². The first-order chi connectivity index (χ1) is 12.5. The Morgan fingerprint density at radius 1 is 1.08 bits per heavy atom. The van der Waals surface area contributed by atoms with Crippen molar-refractivity contribution in [2.24, 2.45) is 0 Å². The van der Waals surface area contributed by atoms with E-state index in [0.29, 0.717) is 28.6 Å². The topological polar surface area (TPSA) is 51.2 Å². The van der Waals surface area contributed by atoms with Gasteiger partial charge in [-0.3, -0.25) is 9.78 Å². The van der Waals surface area contributed by atoms with Gasteiger partial charge < -0.3 is 10.1 Å². The van der Waals surface area contributed by atoms with Crippen molar-refractivity contribution in [3.05, 3.63) is 88.2 Å². The number of hydrogen-bond acceptors (Lipinski definition) is 3. The monoisotopic (exact) mass is 366 g/mol. The van der Waals surface area contributed by atoms with Gasteiger partial charge in [0.25, 0.3) is 5.91 Å². The maximum Gasteiger partial charge on any atom is 0.261 e. The summed E-state index contributed by atoms with van der Waals surface area (Å²) in [5, 5.41) is 3.53. The van der Waals surface area contributed by atoms with Crippen LogP contribution >= 0.6 is 11.6 Å². The summed E-state index contributed by atoms with van der Waals surface area (Å²) in [5.41, 5.74) is 3.50. The second-order valence-corrected chi connectivity index (χ2v) is 6.40. The largest absolute Gasteiger partial charge is 0.488 e. The molecule has 5 heteroatoms. The molecule has 0 aliphatic rings. The van der Waals surface area contributed by atoms with Gasteiger partial charge in [-0.25, -0.2) is 0 Å². The molecule has 132 valence electrons. The number of rotatable bonds is 5. The number of carbonyl (C=O) groups excluding carboxylic acids is 1. The van der Waals surface area contributed by atoms with Crippen LogP contribution in [0, 0.1) is 13.8 Å². The summed E-state index contributed by atoms with van der Waals surface area (Å²) < 4.78 is 5.94. The van der Waals surface area contributed by atoms with Crippen molar-refractivity contribution in [2.75, 3.05) is 5.32 Å². The standard InChI is InChI=1S/C21H19ClN2O2/c1-14-11-19(26-13-16-7-6-8-17(22)12-16)20(15(2)23-14)21(25)24-18-9-4-3-5-10-18/h3-12H,13H2,1-2H3,(H,24,25). The van der Waals surface area contributed by atoms with Crippen LogP contribution in [0.1, 0.15) is 27.3 Å². The van der Waals surface area contributed by atoms with Crippen LogP contribution in [-0.2, 0) is 6.61 Å². The van der Waals surface area contributed by atoms with E-state index in [0.717, 1.165) is 16.9 Å². The molecule has 2 aromatic carbocycles. The van der Waals surface area contributed by atoms with E-state index in [4.69, 9.17) is 16.3 Å². The highest BCUT2D eigenvalue weighted by Crippen LogP contribution is 2.25. The van der Waals surface area contributed by atoms with Gasteiger partial charge in [0.2, 0.25) is 0 Å². The average molecular weight is 367 g/mol. The van der Waals surface area contributed by atoms with Crippen molar-refractivity contribution in [1.29, 1.82) is 0 Å². The van der Waals surface area contributed by atoms with E-state index in [-0.39, 0.29) is 5.91 Å². The second kappa shape index (κ2) is 8.02. The van der Waals surface area contributed by atoms with Gasteiger partial charge in [0.05, 0.1) is 5.69 Å². The SMILES string of the molecule is Cc1cc(OCc2cccc(Cl)c2)c(C(=O)Nc2ccccc2)c(C)n1. The molecule has 1 N–H and O–H groups in total. The van der Waals surface area contributed by atoms with Gasteiger partial charge >= 0.3 is 0 Å². The van der Waals surface area contributed by atoms with Crippen molar-refractivity contribution in [3.8, 4) is 5.75 Å². The Balaban J connectivity index is 1.86. The second-order valence-electron chi connectivity index (χ2n) is 5.96. The van der Waals surface area contributed by atoms with Crippen LogP contribution in [0.5, 0.6) is 5.75 Å². The van der Waals surface area contributed by atoms with Gasteiger partial charge in [-0.15, -0.1) is 0 Å². The fraction of sp³-hybridized carbons (Fsp3) is 0.143. The molecular weight excluding hydrogens is 348 g/mol. The number of para-hydroxylation sites is 1. The van der Waals surface area contributed by atoms with Gasteiger partial charge in [-0.2, -0.15) is 0 Å². The van der Waals surface area contributed by atoms with E-state index in [1.54, 1.807) is 13.0 Å². The number of anilines is 1. The molecule has 0 saturated carbocycles. The van der Waals surface area contributed by atoms with Crippen LogP contribution in [0.3, 0.4) is 0 Å². The Morgan fingerprint density at radius 2 is 1.85 bits per heavy atom. The Kier molecular flexibility index (Phi) is 5.54. The molecule has 3 aromatic rings. The van der Waals surface area contributed by atoms with Crippen LogP contribution in [0.4, 0.5) is 5.69 Å². The minimum Gasteiger partial charge on any atom is -0.488 e. The summed E-state index contributed by atoms with van der Waals surface area (Å²) in [6.45, 7) is 3.99. The maximum absolute atomic E-state index is 12.8. The van der Waals surface area contributed by atoms with E-state index in [2.05, 4.69) is 10.3 Å². The predicted octanol–water partition coefficient (Wildman–Crippen LogP) is 5.18. The van der Waals surface area contributed by atoms with Crippen LogP contribution in [-0.4, -0.2) is 10.9 Å². The number of amides is 1. The number of hydrogen-bond donors (Lipinski definition) is 1. The smallest absolute Gasteiger partial charge is 0.261 e. The summed E-state index contributed by atoms with van der Waals surface area (Å²) in [6, 6.07) is 18.5. The molecule has 1 aromatic heterocycles. The van der Waals surface area contributed by atoms with Crippen LogP contribution in [0.2, 0.25) is 5.02 Å². The highest BCUT2D eigenvalue weighted by molar-refractivity contribution is 6.30. The normalized spacial score (nSPS) is 10.4. The Morgan fingerprint density at radius 3 is 2.58 bits per heavy atom. The first-order valence-electron chi connectivity index (χ1n) is 8.25. The molecular formula is C21H19ClN2O2. The van der Waals surface area contributed by atoms with Crippen molar-refractivity contribution in [1.82, 2.24) is 4.98 Å². The Hall–Kier alpha value is -2.85. The highest BCUT2D eigenvalue weighted by Gasteiger charge is 2.18. The maximum atomic E-state index is 12.8. The zero-order valence-electron chi connectivity index (χ0n) is 14.6. The van der Waals surface area contributed by atoms with Crippen molar-refractivity contribution >= 4 is 23.2 Å². The van der Waals surface area contributed by atoms with E-state index < -0.39 is 0 Å². The molecule has 26 heavy (non-hydrogen) atoms. The van der Waals surface area contributed by atoms with E-state index in [9.17, 15) is 4.79 Å². The Labute approximate surface area is 157 Å². The summed E-state index contributed by atoms with van der Waals surface area (Å²) in [6.07, 6.45) is 0. The third-order valence-electron chi connectivity index (χ3n) is 3.83. The molecule has 1 amide bonds. The number of pyridine rings is 1. The molecule has 1 heterocycles. The lowest BCUT2D eigenvalue weighted by Gasteiger charge is -2.15. The quantitative estimate of drug-likeness (QED) is 0.676. The molecule has 4 nitrogen and oxygen atoms in total. The lowest BCUT2D eigenvalue weighted by atomic mass is 10.1. The molecule has 0 atom stereocenters. The number of aryl methyl sites for hydroxylation is 2. The highest BCUT2D eigenvalue weighted by atomic mass is 35.5. The van der Waals surface area contributed by atoms with Crippen molar-refractivity contribution in [2.45, 2.75) is 20.5 Å². The predicted molar refractivity (Wildman–Crippen MR) is 104 cm³/mol. The van der Waals surface area contributed by atoms with E-state index >= 15 is 0 Å². The Bertz CT molecular complexity index is 927. The van der Waals surface area contributed by atoms with E-state index in [1.165, 1.54) is 0 Å². The van der Waals surface area contributed by atoms with E-state index in [1.807, 2.05) is 61.5 Å². The molecule has 0 fully saturated rings. The first kappa shape index (κ1) is 18.0. The van der Waals surface area contributed by atoms with Gasteiger partial charge in [-0.05, 0) is 43.7 Å². The summed E-state index contributed by atoms with van der Waals surface area (Å²) in [4.78, 5) is 17.2. The molecule has 0 bridgehead atoms. The van der Waals surface area contributed by atoms with Crippen molar-refractivity contribution < 1.29 is 9.53 Å². The summed E-state index contributed by atoms with van der Waals surface area (Å²) in [5.74, 6) is 0.255. The third-order valence-corrected chi connectivity index (χ3v) is 4.07. The number of nitrogens with zero attached hydrogens (tertiary/aromatic N) is 1. The molecule has 0 saturated heterocycles. The number of nitrogens with one attached hydrogen (secondary N) is 1. The zero-order chi connectivity index (χ0) is 18.5. The fourth-order valence-corrected chi connectivity index (χ4v) is 2.90. The number of benzene rings is 2. The minimum atomic E-state index is -0.248. The lowest BCUT2D eigenvalue weighted by molar-refractivity contribution is 0.102. The first-order valence-corrected chi connectivity index (χ1v) is 8.62. The zero-order valence-corrected chi connectivity index (χ0v) is 15.4. The number of aromatic nitrogens is 1.